The number of hydrogen-bond acceptors (Lipinski definition) is 2. The normalized spacial score (nSPS) is 22.6. The summed E-state index contributed by atoms with van der Waals surface area (Å²) < 4.78 is 0. The first-order chi connectivity index (χ1) is 13.3. The molecule has 3 nitrogen and oxygen atoms in total. The van der Waals surface area contributed by atoms with Gasteiger partial charge >= 0.3 is 0 Å². The molecule has 2 aliphatic rings. The minimum Gasteiger partial charge on any atom is -0.334 e. The molecule has 2 heterocycles. The lowest BCUT2D eigenvalue weighted by molar-refractivity contribution is -0.143. The number of likely N-dealkylation sites (tertiary alicyclic amines) is 1. The number of rotatable bonds is 6. The molecule has 0 aromatic heterocycles. The molecule has 142 valence electrons. The number of carbonyl (C=O) groups is 1. The summed E-state index contributed by atoms with van der Waals surface area (Å²) >= 11 is 0. The Morgan fingerprint density at radius 2 is 1.44 bits per heavy atom. The molecule has 4 rings (SSSR count). The maximum absolute atomic E-state index is 13.0. The van der Waals surface area contributed by atoms with Gasteiger partial charge in [0.25, 0.3) is 0 Å². The first kappa shape index (κ1) is 18.2. The van der Waals surface area contributed by atoms with Crippen molar-refractivity contribution in [3.63, 3.8) is 0 Å². The van der Waals surface area contributed by atoms with Crippen LogP contribution in [0.4, 0.5) is 0 Å². The molecule has 2 aliphatic heterocycles. The molecule has 2 fully saturated rings. The number of aryl methyl sites for hydroxylation is 1. The van der Waals surface area contributed by atoms with Crippen LogP contribution in [0.5, 0.6) is 0 Å². The molecule has 2 bridgehead atoms. The van der Waals surface area contributed by atoms with Crippen molar-refractivity contribution in [2.75, 3.05) is 13.1 Å². The highest BCUT2D eigenvalue weighted by atomic mass is 16.2. The van der Waals surface area contributed by atoms with Crippen molar-refractivity contribution < 1.29 is 4.79 Å². The highest BCUT2D eigenvalue weighted by molar-refractivity contribution is 5.77. The standard InChI is InChI=1S/C24H30N2O/c27-24(16-7-13-20-9-3-1-4-10-20)26-22-14-8-15-23(26)19-25(18-22)17-21-11-5-2-6-12-21/h1-6,9-12,22-23H,7-8,13-19H2. The predicted octanol–water partition coefficient (Wildman–Crippen LogP) is 4.27. The van der Waals surface area contributed by atoms with Crippen molar-refractivity contribution in [2.24, 2.45) is 0 Å². The number of amides is 1. The van der Waals surface area contributed by atoms with E-state index in [4.69, 9.17) is 0 Å². The van der Waals surface area contributed by atoms with E-state index in [0.29, 0.717) is 24.4 Å². The van der Waals surface area contributed by atoms with Crippen LogP contribution in [0.3, 0.4) is 0 Å². The zero-order valence-electron chi connectivity index (χ0n) is 16.1. The second kappa shape index (κ2) is 8.71. The Bertz CT molecular complexity index is 717. The largest absolute Gasteiger partial charge is 0.334 e. The van der Waals surface area contributed by atoms with E-state index in [1.807, 2.05) is 6.07 Å². The molecule has 27 heavy (non-hydrogen) atoms. The fourth-order valence-electron chi connectivity index (χ4n) is 4.79. The van der Waals surface area contributed by atoms with Crippen LogP contribution in [0, 0.1) is 0 Å². The molecule has 3 heteroatoms. The van der Waals surface area contributed by atoms with Gasteiger partial charge in [-0.1, -0.05) is 60.7 Å². The van der Waals surface area contributed by atoms with Gasteiger partial charge in [-0.2, -0.15) is 0 Å². The first-order valence-electron chi connectivity index (χ1n) is 10.4. The van der Waals surface area contributed by atoms with E-state index in [1.165, 1.54) is 17.5 Å². The van der Waals surface area contributed by atoms with Gasteiger partial charge in [0, 0.05) is 38.1 Å². The van der Waals surface area contributed by atoms with Crippen molar-refractivity contribution >= 4 is 5.91 Å². The summed E-state index contributed by atoms with van der Waals surface area (Å²) in [5.74, 6) is 0.375. The lowest BCUT2D eigenvalue weighted by Gasteiger charge is -2.50. The van der Waals surface area contributed by atoms with Crippen LogP contribution in [0.25, 0.3) is 0 Å². The highest BCUT2D eigenvalue weighted by Gasteiger charge is 2.39. The third-order valence-corrected chi connectivity index (χ3v) is 6.04. The minimum atomic E-state index is 0.375. The summed E-state index contributed by atoms with van der Waals surface area (Å²) in [6.07, 6.45) is 6.21. The van der Waals surface area contributed by atoms with Crippen LogP contribution in [0.1, 0.15) is 43.2 Å². The van der Waals surface area contributed by atoms with E-state index in [-0.39, 0.29) is 0 Å². The van der Waals surface area contributed by atoms with Gasteiger partial charge in [-0.05, 0) is 43.2 Å². The molecule has 0 radical (unpaired) electrons. The van der Waals surface area contributed by atoms with E-state index in [0.717, 1.165) is 45.3 Å². The van der Waals surface area contributed by atoms with Crippen LogP contribution in [-0.4, -0.2) is 40.9 Å². The van der Waals surface area contributed by atoms with Crippen LogP contribution >= 0.6 is 0 Å². The zero-order chi connectivity index (χ0) is 18.5. The summed E-state index contributed by atoms with van der Waals surface area (Å²) in [6, 6.07) is 22.0. The second-order valence-electron chi connectivity index (χ2n) is 8.06. The number of piperidine rings is 1. The molecule has 2 atom stereocenters. The Morgan fingerprint density at radius 1 is 0.852 bits per heavy atom. The predicted molar refractivity (Wildman–Crippen MR) is 109 cm³/mol. The topological polar surface area (TPSA) is 23.6 Å². The van der Waals surface area contributed by atoms with Crippen molar-refractivity contribution in [1.29, 1.82) is 0 Å². The van der Waals surface area contributed by atoms with Gasteiger partial charge in [0.15, 0.2) is 0 Å². The summed E-state index contributed by atoms with van der Waals surface area (Å²) in [6.45, 7) is 3.05. The van der Waals surface area contributed by atoms with Crippen molar-refractivity contribution in [2.45, 2.75) is 57.2 Å². The van der Waals surface area contributed by atoms with E-state index < -0.39 is 0 Å². The van der Waals surface area contributed by atoms with E-state index in [9.17, 15) is 4.79 Å². The molecule has 0 spiro atoms. The maximum atomic E-state index is 13.0. The van der Waals surface area contributed by atoms with Crippen LogP contribution in [0.15, 0.2) is 60.7 Å². The average molecular weight is 363 g/mol. The number of carbonyl (C=O) groups excluding carboxylic acids is 1. The third kappa shape index (κ3) is 4.59. The molecule has 1 amide bonds. The fourth-order valence-corrected chi connectivity index (χ4v) is 4.79. The molecule has 2 aromatic rings. The fraction of sp³-hybridized carbons (Fsp3) is 0.458. The molecule has 2 unspecified atom stereocenters. The van der Waals surface area contributed by atoms with Gasteiger partial charge in [0.05, 0.1) is 0 Å². The lowest BCUT2D eigenvalue weighted by atomic mass is 9.90. The van der Waals surface area contributed by atoms with Gasteiger partial charge in [-0.15, -0.1) is 0 Å². The van der Waals surface area contributed by atoms with Crippen molar-refractivity contribution in [3.8, 4) is 0 Å². The number of hydrogen-bond donors (Lipinski definition) is 0. The first-order valence-corrected chi connectivity index (χ1v) is 10.4. The highest BCUT2D eigenvalue weighted by Crippen LogP contribution is 2.30. The Morgan fingerprint density at radius 3 is 2.07 bits per heavy atom. The summed E-state index contributed by atoms with van der Waals surface area (Å²) in [5.41, 5.74) is 2.70. The molecular formula is C24H30N2O. The Balaban J connectivity index is 1.32. The summed E-state index contributed by atoms with van der Waals surface area (Å²) in [7, 11) is 0. The molecule has 2 saturated heterocycles. The van der Waals surface area contributed by atoms with E-state index >= 15 is 0 Å². The molecular weight excluding hydrogens is 332 g/mol. The Kier molecular flexibility index (Phi) is 5.88. The quantitative estimate of drug-likeness (QED) is 0.766. The number of nitrogens with zero attached hydrogens (tertiary/aromatic N) is 2. The van der Waals surface area contributed by atoms with E-state index in [1.54, 1.807) is 0 Å². The summed E-state index contributed by atoms with van der Waals surface area (Å²) in [5, 5.41) is 0. The monoisotopic (exact) mass is 362 g/mol. The van der Waals surface area contributed by atoms with Crippen LogP contribution in [-0.2, 0) is 17.8 Å². The Labute approximate surface area is 163 Å². The summed E-state index contributed by atoms with van der Waals surface area (Å²) in [4.78, 5) is 17.8. The second-order valence-corrected chi connectivity index (χ2v) is 8.06. The molecule has 0 saturated carbocycles. The molecule has 2 aromatic carbocycles. The van der Waals surface area contributed by atoms with Gasteiger partial charge in [-0.25, -0.2) is 0 Å². The SMILES string of the molecule is O=C(CCCc1ccccc1)N1C2CCCC1CN(Cc1ccccc1)C2. The smallest absolute Gasteiger partial charge is 0.223 e. The Hall–Kier alpha value is -2.13. The number of benzene rings is 2. The van der Waals surface area contributed by atoms with Gasteiger partial charge in [0.1, 0.15) is 0 Å². The molecule has 0 N–H and O–H groups in total. The molecule has 0 aliphatic carbocycles. The lowest BCUT2D eigenvalue weighted by Crippen LogP contribution is -2.62. The van der Waals surface area contributed by atoms with Gasteiger partial charge in [-0.3, -0.25) is 9.69 Å². The van der Waals surface area contributed by atoms with E-state index in [2.05, 4.69) is 64.4 Å². The third-order valence-electron chi connectivity index (χ3n) is 6.04. The van der Waals surface area contributed by atoms with Gasteiger partial charge in [0.2, 0.25) is 5.91 Å². The maximum Gasteiger partial charge on any atom is 0.223 e. The van der Waals surface area contributed by atoms with Crippen molar-refractivity contribution in [3.05, 3.63) is 71.8 Å². The number of fused-ring (bicyclic) bond motifs is 2. The van der Waals surface area contributed by atoms with Gasteiger partial charge < -0.3 is 4.90 Å². The minimum absolute atomic E-state index is 0.375. The number of piperazine rings is 1. The van der Waals surface area contributed by atoms with Crippen LogP contribution < -0.4 is 0 Å². The van der Waals surface area contributed by atoms with Crippen LogP contribution in [0.2, 0.25) is 0 Å². The zero-order valence-corrected chi connectivity index (χ0v) is 16.1. The average Bonchev–Trinajstić information content (AvgIpc) is 2.69. The van der Waals surface area contributed by atoms with Crippen molar-refractivity contribution in [1.82, 2.24) is 9.80 Å².